The number of rotatable bonds is 3. The lowest BCUT2D eigenvalue weighted by Crippen LogP contribution is -2.08. The van der Waals surface area contributed by atoms with E-state index in [2.05, 4.69) is 38.1 Å². The Labute approximate surface area is 85.8 Å². The molecule has 1 heteroatoms. The molecule has 0 spiro atoms. The van der Waals surface area contributed by atoms with E-state index in [1.165, 1.54) is 12.0 Å². The van der Waals surface area contributed by atoms with Crippen LogP contribution in [0.25, 0.3) is 0 Å². The molecule has 1 aliphatic carbocycles. The maximum atomic E-state index is 9.23. The molecule has 1 nitrogen and oxygen atoms in total. The third kappa shape index (κ3) is 1.57. The lowest BCUT2D eigenvalue weighted by atomic mass is 9.91. The summed E-state index contributed by atoms with van der Waals surface area (Å²) in [6, 6.07) is 10.6. The summed E-state index contributed by atoms with van der Waals surface area (Å²) in [5, 5.41) is 9.23. The fourth-order valence-electron chi connectivity index (χ4n) is 2.39. The van der Waals surface area contributed by atoms with Gasteiger partial charge < -0.3 is 5.11 Å². The Morgan fingerprint density at radius 1 is 1.43 bits per heavy atom. The van der Waals surface area contributed by atoms with Crippen molar-refractivity contribution in [2.24, 2.45) is 11.3 Å². The molecule has 76 valence electrons. The van der Waals surface area contributed by atoms with Gasteiger partial charge in [0.05, 0.1) is 0 Å². The smallest absolute Gasteiger partial charge is 0.0487 e. The molecule has 0 saturated heterocycles. The van der Waals surface area contributed by atoms with E-state index in [0.29, 0.717) is 18.4 Å². The molecule has 2 rings (SSSR count). The van der Waals surface area contributed by atoms with Gasteiger partial charge in [-0.15, -0.1) is 0 Å². The lowest BCUT2D eigenvalue weighted by Gasteiger charge is -2.14. The molecule has 0 aliphatic heterocycles. The van der Waals surface area contributed by atoms with Crippen LogP contribution in [-0.2, 0) is 0 Å². The zero-order valence-electron chi connectivity index (χ0n) is 8.90. The molecule has 1 unspecified atom stereocenters. The van der Waals surface area contributed by atoms with Crippen molar-refractivity contribution in [3.63, 3.8) is 0 Å². The van der Waals surface area contributed by atoms with Gasteiger partial charge >= 0.3 is 0 Å². The maximum absolute atomic E-state index is 9.23. The molecule has 1 fully saturated rings. The average Bonchev–Trinajstić information content (AvgIpc) is 2.92. The van der Waals surface area contributed by atoms with Crippen molar-refractivity contribution < 1.29 is 5.11 Å². The van der Waals surface area contributed by atoms with Gasteiger partial charge in [-0.05, 0) is 29.2 Å². The predicted octanol–water partition coefficient (Wildman–Crippen LogP) is 2.81. The molecule has 0 heterocycles. The number of benzene rings is 1. The number of aliphatic hydroxyl groups is 1. The summed E-state index contributed by atoms with van der Waals surface area (Å²) in [5.74, 6) is 1.24. The normalized spacial score (nSPS) is 32.6. The minimum absolute atomic E-state index is 0.190. The first kappa shape index (κ1) is 9.72. The SMILES string of the molecule is C[C@@H](c1ccccc1)C1C[C@]1(C)CO. The molecule has 1 aliphatic rings. The van der Waals surface area contributed by atoms with E-state index in [1.54, 1.807) is 0 Å². The van der Waals surface area contributed by atoms with E-state index in [1.807, 2.05) is 6.07 Å². The van der Waals surface area contributed by atoms with E-state index >= 15 is 0 Å². The molecule has 0 bridgehead atoms. The average molecular weight is 190 g/mol. The summed E-state index contributed by atoms with van der Waals surface area (Å²) in [4.78, 5) is 0. The van der Waals surface area contributed by atoms with Crippen molar-refractivity contribution in [3.05, 3.63) is 35.9 Å². The van der Waals surface area contributed by atoms with Crippen LogP contribution in [0.1, 0.15) is 31.7 Å². The third-order valence-electron chi connectivity index (χ3n) is 3.71. The van der Waals surface area contributed by atoms with Crippen LogP contribution in [0.4, 0.5) is 0 Å². The van der Waals surface area contributed by atoms with Gasteiger partial charge in [0.2, 0.25) is 0 Å². The fraction of sp³-hybridized carbons (Fsp3) is 0.538. The van der Waals surface area contributed by atoms with E-state index in [4.69, 9.17) is 0 Å². The van der Waals surface area contributed by atoms with Crippen molar-refractivity contribution in [3.8, 4) is 0 Å². The second kappa shape index (κ2) is 3.39. The number of hydrogen-bond acceptors (Lipinski definition) is 1. The van der Waals surface area contributed by atoms with Crippen molar-refractivity contribution in [1.29, 1.82) is 0 Å². The quantitative estimate of drug-likeness (QED) is 0.777. The Morgan fingerprint density at radius 2 is 2.07 bits per heavy atom. The Hall–Kier alpha value is -0.820. The second-order valence-electron chi connectivity index (χ2n) is 4.82. The summed E-state index contributed by atoms with van der Waals surface area (Å²) >= 11 is 0. The first-order valence-electron chi connectivity index (χ1n) is 5.33. The molecule has 1 aromatic carbocycles. The van der Waals surface area contributed by atoms with E-state index in [-0.39, 0.29) is 5.41 Å². The molecule has 14 heavy (non-hydrogen) atoms. The molecular weight excluding hydrogens is 172 g/mol. The molecule has 0 amide bonds. The highest BCUT2D eigenvalue weighted by Gasteiger charge is 2.52. The van der Waals surface area contributed by atoms with Gasteiger partial charge in [-0.25, -0.2) is 0 Å². The fourth-order valence-corrected chi connectivity index (χ4v) is 2.39. The van der Waals surface area contributed by atoms with Crippen molar-refractivity contribution in [1.82, 2.24) is 0 Å². The highest BCUT2D eigenvalue weighted by atomic mass is 16.3. The van der Waals surface area contributed by atoms with Crippen molar-refractivity contribution >= 4 is 0 Å². The van der Waals surface area contributed by atoms with Crippen LogP contribution in [0.3, 0.4) is 0 Å². The van der Waals surface area contributed by atoms with Crippen LogP contribution < -0.4 is 0 Å². The molecule has 0 aromatic heterocycles. The summed E-state index contributed by atoms with van der Waals surface area (Å²) in [6.45, 7) is 4.77. The second-order valence-corrected chi connectivity index (χ2v) is 4.82. The van der Waals surface area contributed by atoms with Crippen molar-refractivity contribution in [2.75, 3.05) is 6.61 Å². The van der Waals surface area contributed by atoms with Gasteiger partial charge in [-0.1, -0.05) is 44.2 Å². The van der Waals surface area contributed by atoms with Crippen LogP contribution in [0.5, 0.6) is 0 Å². The zero-order chi connectivity index (χ0) is 10.2. The van der Waals surface area contributed by atoms with Gasteiger partial charge in [-0.2, -0.15) is 0 Å². The molecule has 1 N–H and O–H groups in total. The molecular formula is C13H18O. The Kier molecular flexibility index (Phi) is 2.36. The first-order chi connectivity index (χ1) is 6.67. The van der Waals surface area contributed by atoms with Gasteiger partial charge in [0.1, 0.15) is 0 Å². The number of aliphatic hydroxyl groups excluding tert-OH is 1. The number of hydrogen-bond donors (Lipinski definition) is 1. The third-order valence-corrected chi connectivity index (χ3v) is 3.71. The summed E-state index contributed by atoms with van der Waals surface area (Å²) in [7, 11) is 0. The summed E-state index contributed by atoms with van der Waals surface area (Å²) in [6.07, 6.45) is 1.17. The van der Waals surface area contributed by atoms with Gasteiger partial charge in [-0.3, -0.25) is 0 Å². The Balaban J connectivity index is 2.08. The lowest BCUT2D eigenvalue weighted by molar-refractivity contribution is 0.207. The topological polar surface area (TPSA) is 20.2 Å². The van der Waals surface area contributed by atoms with E-state index in [0.717, 1.165) is 0 Å². The standard InChI is InChI=1S/C13H18O/c1-10(11-6-4-3-5-7-11)12-8-13(12,2)9-14/h3-7,10,12,14H,8-9H2,1-2H3/t10-,12?,13+/m0/s1. The highest BCUT2D eigenvalue weighted by Crippen LogP contribution is 2.58. The molecule has 0 radical (unpaired) electrons. The summed E-state index contributed by atoms with van der Waals surface area (Å²) < 4.78 is 0. The van der Waals surface area contributed by atoms with Crippen LogP contribution in [0.2, 0.25) is 0 Å². The molecule has 3 atom stereocenters. The Morgan fingerprint density at radius 3 is 2.57 bits per heavy atom. The maximum Gasteiger partial charge on any atom is 0.0487 e. The van der Waals surface area contributed by atoms with Crippen LogP contribution in [-0.4, -0.2) is 11.7 Å². The van der Waals surface area contributed by atoms with E-state index < -0.39 is 0 Å². The van der Waals surface area contributed by atoms with Gasteiger partial charge in [0.15, 0.2) is 0 Å². The van der Waals surface area contributed by atoms with Crippen LogP contribution >= 0.6 is 0 Å². The first-order valence-corrected chi connectivity index (χ1v) is 5.33. The van der Waals surface area contributed by atoms with Crippen LogP contribution in [0.15, 0.2) is 30.3 Å². The van der Waals surface area contributed by atoms with E-state index in [9.17, 15) is 5.11 Å². The molecule has 1 aromatic rings. The Bertz CT molecular complexity index is 306. The minimum Gasteiger partial charge on any atom is -0.396 e. The van der Waals surface area contributed by atoms with Gasteiger partial charge in [0.25, 0.3) is 0 Å². The van der Waals surface area contributed by atoms with Crippen LogP contribution in [0, 0.1) is 11.3 Å². The monoisotopic (exact) mass is 190 g/mol. The summed E-state index contributed by atoms with van der Waals surface area (Å²) in [5.41, 5.74) is 1.59. The van der Waals surface area contributed by atoms with Gasteiger partial charge in [0, 0.05) is 6.61 Å². The zero-order valence-corrected chi connectivity index (χ0v) is 8.90. The van der Waals surface area contributed by atoms with Crippen molar-refractivity contribution in [2.45, 2.75) is 26.2 Å². The largest absolute Gasteiger partial charge is 0.396 e. The predicted molar refractivity (Wildman–Crippen MR) is 58.2 cm³/mol. The highest BCUT2D eigenvalue weighted by molar-refractivity contribution is 5.23. The minimum atomic E-state index is 0.190. The molecule has 1 saturated carbocycles.